The molecular formula is C10H10Mo2O3. The van der Waals surface area contributed by atoms with Crippen LogP contribution in [0.3, 0.4) is 0 Å². The van der Waals surface area contributed by atoms with Crippen LogP contribution in [-0.4, -0.2) is 0 Å². The molecule has 2 aliphatic rings. The Morgan fingerprint density at radius 3 is 0.800 bits per heavy atom. The van der Waals surface area contributed by atoms with Gasteiger partial charge < -0.3 is 0 Å². The Bertz CT molecular complexity index is 114. The molecule has 0 atom stereocenters. The number of rotatable bonds is 2. The molecule has 3 nitrogen and oxygen atoms in total. The van der Waals surface area contributed by atoms with Gasteiger partial charge in [-0.2, -0.15) is 0 Å². The van der Waals surface area contributed by atoms with Crippen molar-refractivity contribution in [3.63, 3.8) is 0 Å². The van der Waals surface area contributed by atoms with Crippen LogP contribution in [0.1, 0.15) is 0 Å². The maximum absolute atomic E-state index is 9.27. The molecule has 10 radical (unpaired) electrons. The van der Waals surface area contributed by atoms with Crippen molar-refractivity contribution in [1.29, 1.82) is 0 Å². The van der Waals surface area contributed by atoms with Crippen molar-refractivity contribution in [2.45, 2.75) is 0 Å². The Hall–Kier alpha value is 0.937. The SMILES string of the molecule is [CH]1[CH][CH][CH][CH]1.[CH]1[CH][CH][CH][CH]1.[O]=[Mo][O][Mo]=[O]. The summed E-state index contributed by atoms with van der Waals surface area (Å²) in [4.78, 5) is 0. The van der Waals surface area contributed by atoms with Crippen LogP contribution < -0.4 is 0 Å². The van der Waals surface area contributed by atoms with Gasteiger partial charge in [0.05, 0.1) is 0 Å². The molecule has 2 aliphatic carbocycles. The maximum atomic E-state index is 9.27. The quantitative estimate of drug-likeness (QED) is 0.696. The van der Waals surface area contributed by atoms with Crippen LogP contribution >= 0.6 is 0 Å². The summed E-state index contributed by atoms with van der Waals surface area (Å²) in [6.45, 7) is 0. The van der Waals surface area contributed by atoms with E-state index in [9.17, 15) is 6.80 Å². The molecule has 2 fully saturated rings. The zero-order valence-electron chi connectivity index (χ0n) is 7.81. The van der Waals surface area contributed by atoms with Crippen molar-refractivity contribution in [2.24, 2.45) is 0 Å². The van der Waals surface area contributed by atoms with E-state index >= 15 is 0 Å². The fourth-order valence-corrected chi connectivity index (χ4v) is 1.04. The van der Waals surface area contributed by atoms with Crippen LogP contribution in [0, 0.1) is 64.2 Å². The summed E-state index contributed by atoms with van der Waals surface area (Å²) in [5.41, 5.74) is 0. The molecule has 0 heterocycles. The Morgan fingerprint density at radius 1 is 0.533 bits per heavy atom. The standard InChI is InChI=1S/2C5H5.2Mo.3O/c2*1-2-4-5-3-1;;;;;/h2*1-5H;;;;;. The van der Waals surface area contributed by atoms with Gasteiger partial charge >= 0.3 is 46.7 Å². The van der Waals surface area contributed by atoms with Crippen molar-refractivity contribution >= 4 is 0 Å². The topological polar surface area (TPSA) is 43.4 Å². The average Bonchev–Trinajstić information content (AvgIpc) is 2.99. The predicted molar refractivity (Wildman–Crippen MR) is 45.5 cm³/mol. The van der Waals surface area contributed by atoms with E-state index in [2.05, 4.69) is 2.04 Å². The zero-order chi connectivity index (χ0) is 11.2. The summed E-state index contributed by atoms with van der Waals surface area (Å²) >= 11 is -3.06. The molecule has 2 rings (SSSR count). The van der Waals surface area contributed by atoms with Gasteiger partial charge in [-0.15, -0.1) is 0 Å². The molecule has 0 unspecified atom stereocenters. The van der Waals surface area contributed by atoms with Crippen molar-refractivity contribution in [1.82, 2.24) is 0 Å². The molecule has 0 saturated heterocycles. The van der Waals surface area contributed by atoms with E-state index in [0.717, 1.165) is 0 Å². The van der Waals surface area contributed by atoms with Gasteiger partial charge in [0.15, 0.2) is 0 Å². The van der Waals surface area contributed by atoms with E-state index < -0.39 is 37.8 Å². The molecule has 0 aromatic rings. The molecule has 0 spiro atoms. The molecule has 5 heteroatoms. The van der Waals surface area contributed by atoms with Crippen molar-refractivity contribution in [3.05, 3.63) is 64.2 Å². The Labute approximate surface area is 110 Å². The second-order valence-electron chi connectivity index (χ2n) is 2.13. The van der Waals surface area contributed by atoms with E-state index in [1.54, 1.807) is 0 Å². The summed E-state index contributed by atoms with van der Waals surface area (Å²) in [5, 5.41) is 0. The van der Waals surface area contributed by atoms with Crippen LogP contribution in [0.4, 0.5) is 0 Å². The van der Waals surface area contributed by atoms with Crippen molar-refractivity contribution in [2.75, 3.05) is 0 Å². The summed E-state index contributed by atoms with van der Waals surface area (Å²) in [5.74, 6) is 0. The molecular weight excluding hydrogens is 360 g/mol. The fourth-order valence-electron chi connectivity index (χ4n) is 0.653. The van der Waals surface area contributed by atoms with E-state index in [0.29, 0.717) is 0 Å². The third-order valence-electron chi connectivity index (χ3n) is 1.17. The van der Waals surface area contributed by atoms with Gasteiger partial charge in [-0.05, 0) is 64.2 Å². The molecule has 0 bridgehead atoms. The van der Waals surface area contributed by atoms with Crippen LogP contribution in [-0.2, 0) is 46.7 Å². The van der Waals surface area contributed by atoms with Gasteiger partial charge in [-0.1, -0.05) is 0 Å². The van der Waals surface area contributed by atoms with Gasteiger partial charge in [-0.25, -0.2) is 0 Å². The minimum atomic E-state index is -1.53. The van der Waals surface area contributed by atoms with Gasteiger partial charge in [0.1, 0.15) is 0 Å². The second-order valence-corrected chi connectivity index (χ2v) is 5.11. The van der Waals surface area contributed by atoms with Crippen molar-refractivity contribution in [3.8, 4) is 0 Å². The molecule has 80 valence electrons. The Morgan fingerprint density at radius 2 is 0.733 bits per heavy atom. The van der Waals surface area contributed by atoms with Crippen LogP contribution in [0.2, 0.25) is 0 Å². The van der Waals surface area contributed by atoms with E-state index in [1.807, 2.05) is 64.2 Å². The molecule has 15 heavy (non-hydrogen) atoms. The zero-order valence-corrected chi connectivity index (χ0v) is 11.8. The van der Waals surface area contributed by atoms with E-state index in [4.69, 9.17) is 0 Å². The summed E-state index contributed by atoms with van der Waals surface area (Å²) in [6.07, 6.45) is 20.0. The first kappa shape index (κ1) is 15.9. The fraction of sp³-hybridized carbons (Fsp3) is 0. The first-order valence-electron chi connectivity index (χ1n) is 4.00. The van der Waals surface area contributed by atoms with Gasteiger partial charge in [0.2, 0.25) is 0 Å². The average molecular weight is 370 g/mol. The van der Waals surface area contributed by atoms with E-state index in [-0.39, 0.29) is 0 Å². The number of hydrogen-bond donors (Lipinski definition) is 0. The summed E-state index contributed by atoms with van der Waals surface area (Å²) < 4.78 is 22.5. The minimum absolute atomic E-state index is 1.53. The second kappa shape index (κ2) is 14.9. The molecule has 0 amide bonds. The van der Waals surface area contributed by atoms with Gasteiger partial charge in [-0.3, -0.25) is 0 Å². The summed E-state index contributed by atoms with van der Waals surface area (Å²) in [7, 11) is 0. The molecule has 0 N–H and O–H groups in total. The molecule has 0 aromatic heterocycles. The Kier molecular flexibility index (Phi) is 15.9. The van der Waals surface area contributed by atoms with Gasteiger partial charge in [0.25, 0.3) is 0 Å². The van der Waals surface area contributed by atoms with Crippen LogP contribution in [0.15, 0.2) is 0 Å². The molecule has 2 saturated carbocycles. The molecule has 0 aromatic carbocycles. The first-order chi connectivity index (χ1) is 7.41. The normalized spacial score (nSPS) is 18.1. The van der Waals surface area contributed by atoms with Crippen LogP contribution in [0.5, 0.6) is 0 Å². The monoisotopic (exact) mass is 374 g/mol. The third kappa shape index (κ3) is 14.9. The predicted octanol–water partition coefficient (Wildman–Crippen LogP) is 1.73. The van der Waals surface area contributed by atoms with Crippen molar-refractivity contribution < 1.29 is 46.7 Å². The first-order valence-corrected chi connectivity index (χ1v) is 7.28. The number of hydrogen-bond acceptors (Lipinski definition) is 3. The Balaban J connectivity index is 0.000000196. The van der Waals surface area contributed by atoms with Crippen LogP contribution in [0.25, 0.3) is 0 Å². The third-order valence-corrected chi connectivity index (χ3v) is 3.06. The summed E-state index contributed by atoms with van der Waals surface area (Å²) in [6, 6.07) is 0. The molecule has 0 aliphatic heterocycles. The van der Waals surface area contributed by atoms with E-state index in [1.165, 1.54) is 0 Å². The van der Waals surface area contributed by atoms with Gasteiger partial charge in [0, 0.05) is 0 Å².